The van der Waals surface area contributed by atoms with Crippen molar-refractivity contribution < 1.29 is 4.74 Å². The minimum Gasteiger partial charge on any atom is -0.381 e. The van der Waals surface area contributed by atoms with E-state index in [-0.39, 0.29) is 0 Å². The van der Waals surface area contributed by atoms with Crippen molar-refractivity contribution in [1.29, 1.82) is 0 Å². The molecule has 1 heteroatoms. The Labute approximate surface area is 243 Å². The van der Waals surface area contributed by atoms with Crippen LogP contribution < -0.4 is 0 Å². The van der Waals surface area contributed by atoms with Crippen molar-refractivity contribution >= 4 is 0 Å². The zero-order valence-corrected chi connectivity index (χ0v) is 26.6. The van der Waals surface area contributed by atoms with Gasteiger partial charge in [0.15, 0.2) is 0 Å². The fourth-order valence-corrected chi connectivity index (χ4v) is 5.64. The molecule has 0 N–H and O–H groups in total. The van der Waals surface area contributed by atoms with Gasteiger partial charge in [-0.2, -0.15) is 0 Å². The van der Waals surface area contributed by atoms with Crippen molar-refractivity contribution in [3.8, 4) is 0 Å². The normalized spacial score (nSPS) is 11.5. The maximum atomic E-state index is 5.87. The van der Waals surface area contributed by atoms with Gasteiger partial charge in [0.25, 0.3) is 0 Å². The summed E-state index contributed by atoms with van der Waals surface area (Å²) in [4.78, 5) is 0. The highest BCUT2D eigenvalue weighted by molar-refractivity contribution is 4.52. The molecule has 0 aromatic heterocycles. The fourth-order valence-electron chi connectivity index (χ4n) is 5.64. The van der Waals surface area contributed by atoms with Gasteiger partial charge in [-0.25, -0.2) is 0 Å². The number of hydrogen-bond acceptors (Lipinski definition) is 1. The van der Waals surface area contributed by atoms with E-state index in [9.17, 15) is 0 Å². The third-order valence-electron chi connectivity index (χ3n) is 8.33. The number of hydrogen-bond donors (Lipinski definition) is 0. The maximum absolute atomic E-state index is 5.87. The molecule has 0 unspecified atom stereocenters. The van der Waals surface area contributed by atoms with Gasteiger partial charge >= 0.3 is 0 Å². The summed E-state index contributed by atoms with van der Waals surface area (Å²) in [5.41, 5.74) is 0. The van der Waals surface area contributed by atoms with E-state index < -0.39 is 0 Å². The van der Waals surface area contributed by atoms with Gasteiger partial charge in [-0.05, 0) is 12.8 Å². The Kier molecular flexibility index (Phi) is 36.9. The van der Waals surface area contributed by atoms with E-state index in [2.05, 4.69) is 13.8 Å². The molecule has 0 rings (SSSR count). The number of unbranched alkanes of at least 4 members (excludes halogenated alkanes) is 31. The summed E-state index contributed by atoms with van der Waals surface area (Å²) >= 11 is 0. The average molecular weight is 535 g/mol. The van der Waals surface area contributed by atoms with Gasteiger partial charge in [-0.3, -0.25) is 0 Å². The van der Waals surface area contributed by atoms with E-state index in [1.54, 1.807) is 0 Å². The van der Waals surface area contributed by atoms with Crippen LogP contribution >= 0.6 is 0 Å². The lowest BCUT2D eigenvalue weighted by Crippen LogP contribution is -1.97. The molecule has 0 fully saturated rings. The summed E-state index contributed by atoms with van der Waals surface area (Å²) < 4.78 is 5.87. The number of ether oxygens (including phenoxy) is 1. The van der Waals surface area contributed by atoms with E-state index in [4.69, 9.17) is 4.74 Å². The summed E-state index contributed by atoms with van der Waals surface area (Å²) in [6.45, 7) is 9.83. The highest BCUT2D eigenvalue weighted by Gasteiger charge is 1.97. The lowest BCUT2D eigenvalue weighted by atomic mass is 10.0. The van der Waals surface area contributed by atoms with Gasteiger partial charge in [-0.1, -0.05) is 213 Å². The van der Waals surface area contributed by atoms with Gasteiger partial charge < -0.3 is 4.74 Å². The summed E-state index contributed by atoms with van der Waals surface area (Å²) in [7, 11) is 0. The first-order valence-electron chi connectivity index (χ1n) is 18.1. The molecule has 0 aromatic rings. The molecule has 0 atom stereocenters. The largest absolute Gasteiger partial charge is 0.381 e. The van der Waals surface area contributed by atoms with E-state index in [0.29, 0.717) is 0 Å². The quantitative estimate of drug-likeness (QED) is 0.0734. The molecule has 0 bridgehead atoms. The predicted molar refractivity (Wildman–Crippen MR) is 174 cm³/mol. The fraction of sp³-hybridized carbons (Fsp3) is 0.946. The molecule has 1 nitrogen and oxygen atoms in total. The summed E-state index contributed by atoms with van der Waals surface area (Å²) in [6, 6.07) is 0. The molecule has 228 valence electrons. The molecule has 2 radical (unpaired) electrons. The Morgan fingerprint density at radius 1 is 0.211 bits per heavy atom. The van der Waals surface area contributed by atoms with E-state index >= 15 is 0 Å². The summed E-state index contributed by atoms with van der Waals surface area (Å²) in [5.74, 6) is 0. The standard InChI is InChI=1S/C37H74O/c1-3-5-7-9-11-13-15-17-19-20-21-23-25-27-29-31-33-35-37-38-36-34-32-30-28-26-24-22-18-16-14-12-10-8-6-4-2/h1-37H2. The Bertz CT molecular complexity index is 343. The van der Waals surface area contributed by atoms with Crippen molar-refractivity contribution in [2.24, 2.45) is 0 Å². The molecular weight excluding hydrogens is 460 g/mol. The highest BCUT2D eigenvalue weighted by Crippen LogP contribution is 2.15. The van der Waals surface area contributed by atoms with E-state index in [0.717, 1.165) is 26.1 Å². The zero-order chi connectivity index (χ0) is 27.5. The Morgan fingerprint density at radius 2 is 0.368 bits per heavy atom. The van der Waals surface area contributed by atoms with Crippen LogP contribution in [0.4, 0.5) is 0 Å². The van der Waals surface area contributed by atoms with Crippen molar-refractivity contribution in [2.75, 3.05) is 13.2 Å². The van der Waals surface area contributed by atoms with Gasteiger partial charge in [0.1, 0.15) is 0 Å². The van der Waals surface area contributed by atoms with Crippen LogP contribution in [0.2, 0.25) is 0 Å². The molecular formula is C37H74O. The monoisotopic (exact) mass is 535 g/mol. The Morgan fingerprint density at radius 3 is 0.553 bits per heavy atom. The number of rotatable bonds is 35. The maximum Gasteiger partial charge on any atom is 0.0466 e. The third-order valence-corrected chi connectivity index (χ3v) is 8.33. The predicted octanol–water partition coefficient (Wildman–Crippen LogP) is 13.5. The average Bonchev–Trinajstić information content (AvgIpc) is 2.93. The van der Waals surface area contributed by atoms with Crippen LogP contribution in [0.25, 0.3) is 0 Å². The molecule has 0 aliphatic carbocycles. The van der Waals surface area contributed by atoms with Crippen LogP contribution in [0.3, 0.4) is 0 Å². The van der Waals surface area contributed by atoms with Crippen molar-refractivity contribution in [2.45, 2.75) is 212 Å². The molecule has 0 aliphatic rings. The zero-order valence-electron chi connectivity index (χ0n) is 26.6. The molecule has 0 saturated carbocycles. The van der Waals surface area contributed by atoms with Crippen molar-refractivity contribution in [1.82, 2.24) is 0 Å². The topological polar surface area (TPSA) is 9.23 Å². The van der Waals surface area contributed by atoms with Crippen molar-refractivity contribution in [3.05, 3.63) is 13.8 Å². The summed E-state index contributed by atoms with van der Waals surface area (Å²) in [6.07, 6.45) is 46.3. The van der Waals surface area contributed by atoms with Crippen LogP contribution in [0, 0.1) is 13.8 Å². The van der Waals surface area contributed by atoms with Crippen LogP contribution in [-0.2, 0) is 4.74 Å². The van der Waals surface area contributed by atoms with Gasteiger partial charge in [0.05, 0.1) is 0 Å². The molecule has 0 aromatic carbocycles. The Hall–Kier alpha value is -0.0400. The second kappa shape index (κ2) is 37.0. The van der Waals surface area contributed by atoms with Crippen molar-refractivity contribution in [3.63, 3.8) is 0 Å². The molecule has 0 heterocycles. The van der Waals surface area contributed by atoms with Gasteiger partial charge in [-0.15, -0.1) is 0 Å². The lowest BCUT2D eigenvalue weighted by Gasteiger charge is -2.06. The first kappa shape index (κ1) is 38.0. The molecule has 0 saturated heterocycles. The second-order valence-corrected chi connectivity index (χ2v) is 12.3. The van der Waals surface area contributed by atoms with Gasteiger partial charge in [0, 0.05) is 13.2 Å². The minimum atomic E-state index is 0.992. The minimum absolute atomic E-state index is 0.992. The first-order valence-corrected chi connectivity index (χ1v) is 18.1. The van der Waals surface area contributed by atoms with Gasteiger partial charge in [0.2, 0.25) is 0 Å². The second-order valence-electron chi connectivity index (χ2n) is 12.3. The lowest BCUT2D eigenvalue weighted by molar-refractivity contribution is 0.125. The molecule has 0 aliphatic heterocycles. The first-order chi connectivity index (χ1) is 18.9. The van der Waals surface area contributed by atoms with E-state index in [1.807, 2.05) is 0 Å². The molecule has 38 heavy (non-hydrogen) atoms. The third kappa shape index (κ3) is 36.0. The van der Waals surface area contributed by atoms with E-state index in [1.165, 1.54) is 199 Å². The smallest absolute Gasteiger partial charge is 0.0466 e. The highest BCUT2D eigenvalue weighted by atomic mass is 16.5. The van der Waals surface area contributed by atoms with Crippen LogP contribution in [0.15, 0.2) is 0 Å². The van der Waals surface area contributed by atoms with Crippen LogP contribution in [0.1, 0.15) is 212 Å². The Balaban J connectivity index is 3.01. The van der Waals surface area contributed by atoms with Crippen LogP contribution in [-0.4, -0.2) is 13.2 Å². The SMILES string of the molecule is [CH2]CCCCCCCCCCCCCCCCCCCOCCCCCCCCCCCCCCCC[CH2]. The summed E-state index contributed by atoms with van der Waals surface area (Å²) in [5, 5.41) is 0. The molecule has 0 amide bonds. The van der Waals surface area contributed by atoms with Crippen LogP contribution in [0.5, 0.6) is 0 Å². The molecule has 0 spiro atoms.